The summed E-state index contributed by atoms with van der Waals surface area (Å²) in [5, 5.41) is 46.2. The number of aliphatic imine (C=N–C) groups is 1. The minimum absolute atomic E-state index is 0.0133. The Labute approximate surface area is 440 Å². The summed E-state index contributed by atoms with van der Waals surface area (Å²) in [6, 6.07) is 2.01. The minimum Gasteiger partial charge on any atom is -0.507 e. The van der Waals surface area contributed by atoms with Crippen molar-refractivity contribution in [3.8, 4) is 11.5 Å². The average Bonchev–Trinajstić information content (AvgIpc) is 4.10. The third kappa shape index (κ3) is 10.6. The topological polar surface area (TPSA) is 234 Å². The van der Waals surface area contributed by atoms with Gasteiger partial charge in [-0.25, -0.2) is 0 Å². The molecule has 1 aromatic carbocycles. The summed E-state index contributed by atoms with van der Waals surface area (Å²) in [4.78, 5) is 80.3. The third-order valence-corrected chi connectivity index (χ3v) is 17.2. The Bertz CT molecular complexity index is 2660. The molecule has 394 valence electrons. The molecule has 7 heterocycles. The molecule has 9 rings (SSSR count). The van der Waals surface area contributed by atoms with Crippen LogP contribution in [0.15, 0.2) is 71.0 Å². The van der Waals surface area contributed by atoms with Crippen molar-refractivity contribution in [1.82, 2.24) is 30.2 Å². The van der Waals surface area contributed by atoms with Crippen molar-refractivity contribution in [2.75, 3.05) is 32.7 Å². The van der Waals surface area contributed by atoms with Crippen LogP contribution in [0.5, 0.6) is 11.5 Å². The number of rotatable bonds is 6. The second-order valence-corrected chi connectivity index (χ2v) is 22.9. The van der Waals surface area contributed by atoms with Gasteiger partial charge in [0.25, 0.3) is 11.7 Å². The van der Waals surface area contributed by atoms with E-state index in [9.17, 15) is 39.3 Å². The number of hydrogen-bond donors (Lipinski definition) is 5. The average molecular weight is 1120 g/mol. The summed E-state index contributed by atoms with van der Waals surface area (Å²) in [7, 11) is 0. The van der Waals surface area contributed by atoms with Crippen LogP contribution in [0.2, 0.25) is 0 Å². The van der Waals surface area contributed by atoms with Gasteiger partial charge < -0.3 is 50.0 Å². The molecule has 2 aromatic rings. The molecule has 7 aliphatic rings. The molecule has 19 heteroatoms. The number of nitrogens with zero attached hydrogens (tertiary/aromatic N) is 5. The molecule has 2 fully saturated rings. The molecule has 73 heavy (non-hydrogen) atoms. The lowest BCUT2D eigenvalue weighted by Gasteiger charge is -2.38. The van der Waals surface area contributed by atoms with E-state index in [1.54, 1.807) is 63.1 Å². The number of aromatic nitrogens is 2. The van der Waals surface area contributed by atoms with Crippen LogP contribution < -0.4 is 15.4 Å². The number of carbonyl (C=O) groups is 5. The fourth-order valence-electron chi connectivity index (χ4n) is 11.1. The number of ether oxygens (including phenoxy) is 3. The van der Waals surface area contributed by atoms with Gasteiger partial charge in [-0.15, -0.1) is 0 Å². The fraction of sp³-hybridized carbons (Fsp3) is 0.574. The highest BCUT2D eigenvalue weighted by Crippen LogP contribution is 2.50. The van der Waals surface area contributed by atoms with Crippen molar-refractivity contribution in [2.45, 2.75) is 134 Å². The summed E-state index contributed by atoms with van der Waals surface area (Å²) in [5.74, 6) is -7.54. The van der Waals surface area contributed by atoms with Crippen LogP contribution in [0, 0.1) is 36.5 Å². The number of fused-ring (bicyclic) bond motifs is 13. The number of aliphatic hydroxyl groups is 2. The van der Waals surface area contributed by atoms with E-state index < -0.39 is 93.0 Å². The zero-order valence-corrected chi connectivity index (χ0v) is 45.3. The number of halogens is 1. The van der Waals surface area contributed by atoms with E-state index in [1.807, 2.05) is 23.9 Å². The summed E-state index contributed by atoms with van der Waals surface area (Å²) >= 11 is 2.16. The predicted molar refractivity (Wildman–Crippen MR) is 280 cm³/mol. The number of aromatic hydroxyl groups is 1. The first-order valence-corrected chi connectivity index (χ1v) is 26.8. The molecule has 18 nitrogen and oxygen atoms in total. The number of aliphatic hydroxyl groups excluding tert-OH is 2. The van der Waals surface area contributed by atoms with Gasteiger partial charge in [0.2, 0.25) is 11.7 Å². The van der Waals surface area contributed by atoms with E-state index >= 15 is 0 Å². The highest BCUT2D eigenvalue weighted by atomic mass is 127. The minimum atomic E-state index is -1.98. The van der Waals surface area contributed by atoms with Gasteiger partial charge in [0.1, 0.15) is 35.4 Å². The molecule has 0 saturated carbocycles. The van der Waals surface area contributed by atoms with Crippen LogP contribution in [0.25, 0.3) is 0 Å². The van der Waals surface area contributed by atoms with Crippen LogP contribution >= 0.6 is 22.6 Å². The lowest BCUT2D eigenvalue weighted by atomic mass is 9.79. The van der Waals surface area contributed by atoms with Crippen molar-refractivity contribution in [2.24, 2.45) is 34.6 Å². The van der Waals surface area contributed by atoms with E-state index in [-0.39, 0.29) is 62.6 Å². The van der Waals surface area contributed by atoms with Gasteiger partial charge in [0, 0.05) is 109 Å². The van der Waals surface area contributed by atoms with Gasteiger partial charge in [-0.2, -0.15) is 5.10 Å². The molecular weight excluding hydrogens is 1050 g/mol. The molecule has 1 aromatic heterocycles. The summed E-state index contributed by atoms with van der Waals surface area (Å²) < 4.78 is 20.1. The van der Waals surface area contributed by atoms with Crippen LogP contribution in [-0.4, -0.2) is 136 Å². The van der Waals surface area contributed by atoms with E-state index in [1.165, 1.54) is 20.1 Å². The maximum Gasteiger partial charge on any atom is 0.315 e. The number of phenols is 1. The van der Waals surface area contributed by atoms with Crippen molar-refractivity contribution in [1.29, 1.82) is 0 Å². The predicted octanol–water partition coefficient (Wildman–Crippen LogP) is 5.83. The summed E-state index contributed by atoms with van der Waals surface area (Å²) in [6.07, 6.45) is 10.2. The van der Waals surface area contributed by atoms with Crippen molar-refractivity contribution >= 4 is 57.7 Å². The van der Waals surface area contributed by atoms with Gasteiger partial charge >= 0.3 is 11.8 Å². The Balaban J connectivity index is 1.12. The third-order valence-electron chi connectivity index (χ3n) is 15.6. The van der Waals surface area contributed by atoms with Crippen LogP contribution in [0.1, 0.15) is 125 Å². The monoisotopic (exact) mass is 1120 g/mol. The number of carbonyl (C=O) groups excluding carboxylic acids is 5. The smallest absolute Gasteiger partial charge is 0.315 e. The van der Waals surface area contributed by atoms with Crippen LogP contribution in [-0.2, 0) is 23.9 Å². The first-order valence-electron chi connectivity index (χ1n) is 25.6. The zero-order valence-electron chi connectivity index (χ0n) is 43.2. The summed E-state index contributed by atoms with van der Waals surface area (Å²) in [5.41, 5.74) is -0.262. The Kier molecular flexibility index (Phi) is 15.8. The van der Waals surface area contributed by atoms with E-state index in [2.05, 4.69) is 57.1 Å². The number of ketones is 2. The number of likely N-dealkylation sites (tertiary alicyclic amines) is 2. The SMILES string of the molecule is C/C1=C/C=C/[C@H](C)[C@H](O)[C@@H](C)[C@@H](O)[C@@H](C)[C@H](OC(=O)CC(=O)N2CCC(n3cccn3)CC2)[C@H](C)[C@@H](I)/C=C/O[C@@]2(C)Oc3c(C)c(O)c4c(c3C2=O)C2=NC3(CCN(CC(C)C)CC3)NC2=C(NC1=O)C4=O. The lowest BCUT2D eigenvalue weighted by Crippen LogP contribution is -2.50. The number of Topliss-reactive ketones (excluding diaryl/α,β-unsaturated/α-hetero) is 2. The number of amides is 2. The number of phenolic OH excluding ortho intramolecular Hbond substituents is 1. The van der Waals surface area contributed by atoms with Crippen LogP contribution in [0.4, 0.5) is 0 Å². The van der Waals surface area contributed by atoms with Gasteiger partial charge in [-0.3, -0.25) is 33.6 Å². The van der Waals surface area contributed by atoms with Crippen molar-refractivity contribution in [3.05, 3.63) is 88.2 Å². The second kappa shape index (κ2) is 21.5. The van der Waals surface area contributed by atoms with E-state index in [0.29, 0.717) is 57.8 Å². The molecule has 2 saturated heterocycles. The summed E-state index contributed by atoms with van der Waals surface area (Å²) in [6.45, 7) is 19.2. The Morgan fingerprint density at radius 3 is 2.30 bits per heavy atom. The van der Waals surface area contributed by atoms with Gasteiger partial charge in [-0.1, -0.05) is 82.4 Å². The van der Waals surface area contributed by atoms with Gasteiger partial charge in [0.15, 0.2) is 0 Å². The zero-order chi connectivity index (χ0) is 52.8. The second-order valence-electron chi connectivity index (χ2n) is 21.4. The largest absolute Gasteiger partial charge is 0.507 e. The number of alkyl halides is 1. The molecule has 5 N–H and O–H groups in total. The number of nitrogens with one attached hydrogen (secondary N) is 2. The molecule has 5 bridgehead atoms. The first kappa shape index (κ1) is 53.9. The highest BCUT2D eigenvalue weighted by Gasteiger charge is 2.54. The normalized spacial score (nSPS) is 31.7. The Morgan fingerprint density at radius 1 is 0.945 bits per heavy atom. The first-order chi connectivity index (χ1) is 34.5. The molecule has 0 unspecified atom stereocenters. The number of piperidine rings is 2. The molecular formula is C54H70IN7O11. The molecule has 1 spiro atoms. The number of benzene rings is 1. The van der Waals surface area contributed by atoms with Crippen LogP contribution in [0.3, 0.4) is 0 Å². The fourth-order valence-corrected chi connectivity index (χ4v) is 11.7. The number of esters is 1. The number of hydrogen-bond acceptors (Lipinski definition) is 15. The van der Waals surface area contributed by atoms with E-state index in [4.69, 9.17) is 19.2 Å². The lowest BCUT2D eigenvalue weighted by molar-refractivity contribution is -0.162. The molecule has 2 amide bonds. The highest BCUT2D eigenvalue weighted by molar-refractivity contribution is 14.1. The molecule has 9 atom stereocenters. The maximum absolute atomic E-state index is 14.9. The van der Waals surface area contributed by atoms with Gasteiger partial charge in [-0.05, 0) is 44.7 Å². The van der Waals surface area contributed by atoms with Crippen molar-refractivity contribution < 1.29 is 53.5 Å². The standard InChI is InChI=1S/C54H70IN7O11/c1-28(2)27-60-23-17-54(18-24-60)58-42-39-40-47(67)34(8)50-41(39)51(69)53(9,73-50)71-25-16-36(55)31(5)49(72-38(64)26-37(63)61-21-14-35(15-22-61)62-20-11-19-56-62)33(7)46(66)32(6)45(65)29(3)12-10-13-30(4)52(70)57-44(48(40)68)43(42)59-54/h10-13,16,19-20,25,28-29,31-33,35-36,45-46,49,59,65-67H,14-15,17-18,21-24,26-27H2,1-9H3,(H,57,70)/b12-10+,25-16+,30-13-/t29-,31+,32+,33+,36-,45-,46+,49+,53-/m0/s1. The van der Waals surface area contributed by atoms with Crippen molar-refractivity contribution in [3.63, 3.8) is 0 Å². The maximum atomic E-state index is 14.9. The Morgan fingerprint density at radius 2 is 1.64 bits per heavy atom. The molecule has 6 aliphatic heterocycles. The number of allylic oxidation sites excluding steroid dienone is 5. The molecule has 0 radical (unpaired) electrons. The van der Waals surface area contributed by atoms with E-state index in [0.717, 1.165) is 6.54 Å². The molecule has 1 aliphatic carbocycles. The quantitative estimate of drug-likeness (QED) is 0.0991. The van der Waals surface area contributed by atoms with Gasteiger partial charge in [0.05, 0.1) is 47.0 Å². The Hall–Kier alpha value is -5.38.